The topological polar surface area (TPSA) is 29.3 Å². The number of hydrogen-bond acceptors (Lipinski definition) is 2. The molecule has 0 radical (unpaired) electrons. The molecule has 2 heteroatoms. The molecule has 1 fully saturated rings. The van der Waals surface area contributed by atoms with E-state index in [9.17, 15) is 0 Å². The van der Waals surface area contributed by atoms with Crippen LogP contribution >= 0.6 is 0 Å². The molecule has 1 aromatic rings. The van der Waals surface area contributed by atoms with Crippen molar-refractivity contribution in [3.8, 4) is 0 Å². The van der Waals surface area contributed by atoms with Crippen molar-refractivity contribution in [3.05, 3.63) is 48.0 Å². The first-order valence-corrected chi connectivity index (χ1v) is 8.51. The molecule has 2 nitrogen and oxygen atoms in total. The molecule has 0 amide bonds. The summed E-state index contributed by atoms with van der Waals surface area (Å²) >= 11 is 0. The van der Waals surface area contributed by atoms with Crippen molar-refractivity contribution in [1.29, 1.82) is 0 Å². The largest absolute Gasteiger partial charge is 0.330 e. The molecule has 1 aliphatic heterocycles. The van der Waals surface area contributed by atoms with Gasteiger partial charge in [0, 0.05) is 31.1 Å². The summed E-state index contributed by atoms with van der Waals surface area (Å²) in [7, 11) is 0. The highest BCUT2D eigenvalue weighted by Crippen LogP contribution is 2.41. The van der Waals surface area contributed by atoms with Gasteiger partial charge in [-0.3, -0.25) is 4.90 Å². The minimum Gasteiger partial charge on any atom is -0.330 e. The van der Waals surface area contributed by atoms with Crippen molar-refractivity contribution < 1.29 is 0 Å². The standard InChI is InChI=1S/C19H28N2/c20-16-19(17-10-4-3-5-11-17)13-7-6-12-18(19)21-14-8-1-2-9-15-21/h1-5,10-11,18H,6-9,12-16,20H2. The molecule has 21 heavy (non-hydrogen) atoms. The molecule has 0 spiro atoms. The summed E-state index contributed by atoms with van der Waals surface area (Å²) in [6, 6.07) is 11.6. The van der Waals surface area contributed by atoms with Crippen LogP contribution in [0.5, 0.6) is 0 Å². The van der Waals surface area contributed by atoms with E-state index in [1.54, 1.807) is 0 Å². The summed E-state index contributed by atoms with van der Waals surface area (Å²) in [5.41, 5.74) is 7.97. The Morgan fingerprint density at radius 2 is 1.76 bits per heavy atom. The Kier molecular flexibility index (Phi) is 4.77. The Morgan fingerprint density at radius 1 is 1.05 bits per heavy atom. The Balaban J connectivity index is 1.91. The Morgan fingerprint density at radius 3 is 2.43 bits per heavy atom. The molecule has 1 aromatic carbocycles. The normalized spacial score (nSPS) is 31.0. The van der Waals surface area contributed by atoms with Crippen LogP contribution in [0.15, 0.2) is 42.5 Å². The fourth-order valence-electron chi connectivity index (χ4n) is 4.36. The van der Waals surface area contributed by atoms with E-state index < -0.39 is 0 Å². The van der Waals surface area contributed by atoms with Gasteiger partial charge in [0.15, 0.2) is 0 Å². The summed E-state index contributed by atoms with van der Waals surface area (Å²) in [6.07, 6.45) is 12.3. The lowest BCUT2D eigenvalue weighted by Gasteiger charge is -2.49. The van der Waals surface area contributed by atoms with Crippen molar-refractivity contribution in [3.63, 3.8) is 0 Å². The predicted molar refractivity (Wildman–Crippen MR) is 89.4 cm³/mol. The van der Waals surface area contributed by atoms with Gasteiger partial charge in [0.05, 0.1) is 0 Å². The number of benzene rings is 1. The van der Waals surface area contributed by atoms with Crippen molar-refractivity contribution >= 4 is 0 Å². The maximum absolute atomic E-state index is 6.36. The van der Waals surface area contributed by atoms with Crippen molar-refractivity contribution in [1.82, 2.24) is 4.90 Å². The molecule has 1 saturated carbocycles. The van der Waals surface area contributed by atoms with Crippen LogP contribution in [0.2, 0.25) is 0 Å². The number of nitrogens with zero attached hydrogens (tertiary/aromatic N) is 1. The minimum atomic E-state index is 0.157. The van der Waals surface area contributed by atoms with E-state index in [0.717, 1.165) is 6.54 Å². The van der Waals surface area contributed by atoms with Crippen molar-refractivity contribution in [2.45, 2.75) is 50.0 Å². The third-order valence-corrected chi connectivity index (χ3v) is 5.47. The maximum atomic E-state index is 6.36. The maximum Gasteiger partial charge on any atom is 0.0231 e. The summed E-state index contributed by atoms with van der Waals surface area (Å²) in [5, 5.41) is 0. The summed E-state index contributed by atoms with van der Waals surface area (Å²) in [5.74, 6) is 0. The summed E-state index contributed by atoms with van der Waals surface area (Å²) in [6.45, 7) is 3.15. The second kappa shape index (κ2) is 6.76. The van der Waals surface area contributed by atoms with Gasteiger partial charge in [-0.1, -0.05) is 55.3 Å². The van der Waals surface area contributed by atoms with Crippen LogP contribution < -0.4 is 5.73 Å². The zero-order valence-corrected chi connectivity index (χ0v) is 13.0. The van der Waals surface area contributed by atoms with Crippen LogP contribution in [-0.2, 0) is 5.41 Å². The molecule has 2 unspecified atom stereocenters. The highest BCUT2D eigenvalue weighted by atomic mass is 15.2. The van der Waals surface area contributed by atoms with Crippen LogP contribution in [-0.4, -0.2) is 30.6 Å². The second-order valence-corrected chi connectivity index (χ2v) is 6.57. The molecule has 0 bridgehead atoms. The molecule has 1 aliphatic carbocycles. The fraction of sp³-hybridized carbons (Fsp3) is 0.579. The quantitative estimate of drug-likeness (QED) is 0.861. The molecule has 2 aliphatic rings. The smallest absolute Gasteiger partial charge is 0.0231 e. The van der Waals surface area contributed by atoms with Crippen molar-refractivity contribution in [2.24, 2.45) is 5.73 Å². The monoisotopic (exact) mass is 284 g/mol. The van der Waals surface area contributed by atoms with Crippen LogP contribution in [0.25, 0.3) is 0 Å². The first kappa shape index (κ1) is 14.8. The van der Waals surface area contributed by atoms with E-state index in [-0.39, 0.29) is 5.41 Å². The van der Waals surface area contributed by atoms with E-state index in [1.165, 1.54) is 57.2 Å². The fourth-order valence-corrected chi connectivity index (χ4v) is 4.36. The van der Waals surface area contributed by atoms with E-state index in [0.29, 0.717) is 6.04 Å². The molecule has 1 heterocycles. The third kappa shape index (κ3) is 2.93. The third-order valence-electron chi connectivity index (χ3n) is 5.47. The summed E-state index contributed by atoms with van der Waals surface area (Å²) in [4.78, 5) is 2.72. The SMILES string of the molecule is NCC1(c2ccccc2)CCCCC1N1CCC=CCC1. The van der Waals surface area contributed by atoms with Crippen LogP contribution in [0.3, 0.4) is 0 Å². The van der Waals surface area contributed by atoms with E-state index >= 15 is 0 Å². The summed E-state index contributed by atoms with van der Waals surface area (Å²) < 4.78 is 0. The second-order valence-electron chi connectivity index (χ2n) is 6.57. The van der Waals surface area contributed by atoms with E-state index in [1.807, 2.05) is 0 Å². The number of hydrogen-bond donors (Lipinski definition) is 1. The van der Waals surface area contributed by atoms with Gasteiger partial charge in [-0.15, -0.1) is 0 Å². The number of nitrogens with two attached hydrogens (primary N) is 1. The van der Waals surface area contributed by atoms with Gasteiger partial charge >= 0.3 is 0 Å². The molecule has 3 rings (SSSR count). The van der Waals surface area contributed by atoms with Gasteiger partial charge in [0.1, 0.15) is 0 Å². The zero-order valence-electron chi connectivity index (χ0n) is 13.0. The van der Waals surface area contributed by atoms with Gasteiger partial charge in [-0.05, 0) is 31.2 Å². The lowest BCUT2D eigenvalue weighted by Crippen LogP contribution is -2.56. The molecular formula is C19H28N2. The number of rotatable bonds is 3. The molecule has 0 aromatic heterocycles. The van der Waals surface area contributed by atoms with Crippen molar-refractivity contribution in [2.75, 3.05) is 19.6 Å². The minimum absolute atomic E-state index is 0.157. The van der Waals surface area contributed by atoms with E-state index in [4.69, 9.17) is 5.73 Å². The van der Waals surface area contributed by atoms with Crippen LogP contribution in [0, 0.1) is 0 Å². The lowest BCUT2D eigenvalue weighted by molar-refractivity contribution is 0.0845. The lowest BCUT2D eigenvalue weighted by atomic mass is 9.65. The van der Waals surface area contributed by atoms with Gasteiger partial charge in [-0.25, -0.2) is 0 Å². The van der Waals surface area contributed by atoms with Gasteiger partial charge in [0.25, 0.3) is 0 Å². The Hall–Kier alpha value is -1.12. The van der Waals surface area contributed by atoms with Crippen LogP contribution in [0.1, 0.15) is 44.1 Å². The molecule has 2 atom stereocenters. The van der Waals surface area contributed by atoms with Gasteiger partial charge < -0.3 is 5.73 Å². The predicted octanol–water partition coefficient (Wildman–Crippen LogP) is 3.48. The average molecular weight is 284 g/mol. The van der Waals surface area contributed by atoms with Crippen LogP contribution in [0.4, 0.5) is 0 Å². The highest BCUT2D eigenvalue weighted by molar-refractivity contribution is 5.29. The van der Waals surface area contributed by atoms with Gasteiger partial charge in [0.2, 0.25) is 0 Å². The average Bonchev–Trinajstić information content (AvgIpc) is 2.84. The highest BCUT2D eigenvalue weighted by Gasteiger charge is 2.43. The zero-order chi connectivity index (χ0) is 14.5. The molecule has 2 N–H and O–H groups in total. The Labute approximate surface area is 129 Å². The van der Waals surface area contributed by atoms with E-state index in [2.05, 4.69) is 47.4 Å². The molecule has 0 saturated heterocycles. The first-order chi connectivity index (χ1) is 10.4. The first-order valence-electron chi connectivity index (χ1n) is 8.51. The molecular weight excluding hydrogens is 256 g/mol. The molecule has 114 valence electrons. The Bertz CT molecular complexity index is 458. The van der Waals surface area contributed by atoms with Gasteiger partial charge in [-0.2, -0.15) is 0 Å².